The molecule has 3 rings (SSSR count). The number of fused-ring (bicyclic) bond motifs is 3. The van der Waals surface area contributed by atoms with Gasteiger partial charge in [0, 0.05) is 8.95 Å². The molecule has 3 aromatic rings. The lowest BCUT2D eigenvalue weighted by Gasteiger charge is -2.17. The maximum Gasteiger partial charge on any atom is 0.339 e. The third-order valence-corrected chi connectivity index (χ3v) is 6.40. The van der Waals surface area contributed by atoms with Crippen molar-refractivity contribution in [3.05, 3.63) is 56.5 Å². The number of hydrogen-bond donors (Lipinski definition) is 0. The summed E-state index contributed by atoms with van der Waals surface area (Å²) in [6.07, 6.45) is 8.25. The highest BCUT2D eigenvalue weighted by Gasteiger charge is 2.21. The van der Waals surface area contributed by atoms with E-state index in [0.717, 1.165) is 49.1 Å². The topological polar surface area (TPSA) is 26.3 Å². The Labute approximate surface area is 190 Å². The molecule has 0 atom stereocenters. The molecule has 0 N–H and O–H groups in total. The van der Waals surface area contributed by atoms with Crippen LogP contribution in [-0.4, -0.2) is 12.6 Å². The number of carbonyl (C=O) groups is 1. The first-order valence-electron chi connectivity index (χ1n) is 10.6. The van der Waals surface area contributed by atoms with Crippen LogP contribution in [0.2, 0.25) is 0 Å². The molecule has 4 heteroatoms. The fourth-order valence-electron chi connectivity index (χ4n) is 4.03. The van der Waals surface area contributed by atoms with E-state index in [1.54, 1.807) is 0 Å². The van der Waals surface area contributed by atoms with E-state index in [1.165, 1.54) is 37.5 Å². The summed E-state index contributed by atoms with van der Waals surface area (Å²) in [6, 6.07) is 12.5. The predicted octanol–water partition coefficient (Wildman–Crippen LogP) is 8.60. The molecule has 0 spiro atoms. The van der Waals surface area contributed by atoms with Crippen molar-refractivity contribution in [2.24, 2.45) is 0 Å². The Morgan fingerprint density at radius 1 is 0.793 bits per heavy atom. The first-order valence-corrected chi connectivity index (χ1v) is 12.2. The van der Waals surface area contributed by atoms with Gasteiger partial charge in [-0.15, -0.1) is 0 Å². The second-order valence-corrected chi connectivity index (χ2v) is 9.30. The van der Waals surface area contributed by atoms with Crippen LogP contribution in [0.15, 0.2) is 45.3 Å². The second-order valence-electron chi connectivity index (χ2n) is 7.47. The maximum atomic E-state index is 13.0. The summed E-state index contributed by atoms with van der Waals surface area (Å²) >= 11 is 7.20. The van der Waals surface area contributed by atoms with Crippen LogP contribution >= 0.6 is 31.9 Å². The van der Waals surface area contributed by atoms with Crippen molar-refractivity contribution < 1.29 is 9.53 Å². The molecule has 29 heavy (non-hydrogen) atoms. The lowest BCUT2D eigenvalue weighted by Crippen LogP contribution is -2.10. The fourth-order valence-corrected chi connectivity index (χ4v) is 4.76. The molecule has 0 unspecified atom stereocenters. The normalized spacial score (nSPS) is 11.3. The van der Waals surface area contributed by atoms with E-state index in [9.17, 15) is 4.79 Å². The molecular weight excluding hydrogens is 492 g/mol. The number of halogens is 2. The van der Waals surface area contributed by atoms with Crippen molar-refractivity contribution in [3.63, 3.8) is 0 Å². The number of rotatable bonds is 9. The third-order valence-electron chi connectivity index (χ3n) is 5.41. The summed E-state index contributed by atoms with van der Waals surface area (Å²) in [5.41, 5.74) is 1.84. The van der Waals surface area contributed by atoms with Gasteiger partial charge in [-0.25, -0.2) is 4.79 Å². The Hall–Kier alpha value is -1.39. The minimum Gasteiger partial charge on any atom is -0.462 e. The molecule has 0 saturated carbocycles. The minimum atomic E-state index is -0.224. The Balaban J connectivity index is 2.14. The summed E-state index contributed by atoms with van der Waals surface area (Å²) in [6.45, 7) is 4.48. The van der Waals surface area contributed by atoms with Gasteiger partial charge in [0.25, 0.3) is 0 Å². The van der Waals surface area contributed by atoms with Gasteiger partial charge in [-0.1, -0.05) is 83.0 Å². The van der Waals surface area contributed by atoms with Crippen LogP contribution in [-0.2, 0) is 11.2 Å². The van der Waals surface area contributed by atoms with Gasteiger partial charge in [0.1, 0.15) is 0 Å². The molecule has 0 aliphatic rings. The van der Waals surface area contributed by atoms with Gasteiger partial charge in [-0.3, -0.25) is 0 Å². The van der Waals surface area contributed by atoms with Crippen LogP contribution in [0, 0.1) is 0 Å². The van der Waals surface area contributed by atoms with Gasteiger partial charge in [0.15, 0.2) is 0 Å². The molecular formula is C25H28Br2O2. The monoisotopic (exact) mass is 518 g/mol. The van der Waals surface area contributed by atoms with Crippen molar-refractivity contribution in [2.45, 2.75) is 58.8 Å². The molecule has 0 aliphatic heterocycles. The first kappa shape index (κ1) is 22.3. The average molecular weight is 520 g/mol. The van der Waals surface area contributed by atoms with Gasteiger partial charge >= 0.3 is 5.97 Å². The average Bonchev–Trinajstić information content (AvgIpc) is 2.70. The highest BCUT2D eigenvalue weighted by molar-refractivity contribution is 9.10. The number of esters is 1. The van der Waals surface area contributed by atoms with E-state index in [2.05, 4.69) is 63.0 Å². The maximum absolute atomic E-state index is 13.0. The molecule has 0 radical (unpaired) electrons. The zero-order valence-electron chi connectivity index (χ0n) is 17.2. The van der Waals surface area contributed by atoms with Gasteiger partial charge in [-0.2, -0.15) is 0 Å². The zero-order valence-corrected chi connectivity index (χ0v) is 20.4. The zero-order chi connectivity index (χ0) is 20.8. The predicted molar refractivity (Wildman–Crippen MR) is 130 cm³/mol. The Morgan fingerprint density at radius 2 is 1.38 bits per heavy atom. The fraction of sp³-hybridized carbons (Fsp3) is 0.400. The first-order chi connectivity index (χ1) is 14.1. The molecule has 3 aromatic carbocycles. The Morgan fingerprint density at radius 3 is 2.03 bits per heavy atom. The molecule has 0 fully saturated rings. The number of carbonyl (C=O) groups excluding carboxylic acids is 1. The van der Waals surface area contributed by atoms with Gasteiger partial charge in [-0.05, 0) is 71.1 Å². The molecule has 0 heterocycles. The molecule has 0 saturated heterocycles. The largest absolute Gasteiger partial charge is 0.462 e. The summed E-state index contributed by atoms with van der Waals surface area (Å²) < 4.78 is 7.49. The van der Waals surface area contributed by atoms with Gasteiger partial charge in [0.2, 0.25) is 0 Å². The highest BCUT2D eigenvalue weighted by atomic mass is 79.9. The van der Waals surface area contributed by atoms with Crippen molar-refractivity contribution in [1.29, 1.82) is 0 Å². The Kier molecular flexibility index (Phi) is 8.14. The van der Waals surface area contributed by atoms with Crippen molar-refractivity contribution in [3.8, 4) is 0 Å². The van der Waals surface area contributed by atoms with Crippen LogP contribution in [0.5, 0.6) is 0 Å². The van der Waals surface area contributed by atoms with E-state index >= 15 is 0 Å². The van der Waals surface area contributed by atoms with Crippen molar-refractivity contribution >= 4 is 59.4 Å². The summed E-state index contributed by atoms with van der Waals surface area (Å²) in [5.74, 6) is -0.224. The second kappa shape index (κ2) is 10.6. The molecule has 0 aliphatic carbocycles. The highest BCUT2D eigenvalue weighted by Crippen LogP contribution is 2.37. The van der Waals surface area contributed by atoms with Crippen LogP contribution in [0.1, 0.15) is 68.3 Å². The molecule has 2 nitrogen and oxygen atoms in total. The van der Waals surface area contributed by atoms with Crippen LogP contribution in [0.4, 0.5) is 0 Å². The molecule has 0 aromatic heterocycles. The third kappa shape index (κ3) is 5.21. The summed E-state index contributed by atoms with van der Waals surface area (Å²) in [7, 11) is 0. The smallest absolute Gasteiger partial charge is 0.339 e. The number of benzene rings is 3. The van der Waals surface area contributed by atoms with E-state index in [-0.39, 0.29) is 5.97 Å². The SMILES string of the molecule is CCCCCCCCc1c(C(=O)OCC)c2cc(Br)ccc2c2ccc(Br)cc12. The standard InChI is InChI=1S/C25H28Br2O2/c1-3-5-6-7-8-9-10-21-22-15-17(26)11-13-19(22)20-14-12-18(27)16-23(20)24(21)25(28)29-4-2/h11-16H,3-10H2,1-2H3. The van der Waals surface area contributed by atoms with E-state index in [1.807, 2.05) is 19.1 Å². The lowest BCUT2D eigenvalue weighted by molar-refractivity contribution is 0.0527. The van der Waals surface area contributed by atoms with Gasteiger partial charge < -0.3 is 4.74 Å². The van der Waals surface area contributed by atoms with E-state index < -0.39 is 0 Å². The number of aryl methyl sites for hydroxylation is 1. The lowest BCUT2D eigenvalue weighted by atomic mass is 9.89. The molecule has 0 amide bonds. The number of unbranched alkanes of at least 4 members (excludes halogenated alkanes) is 5. The summed E-state index contributed by atoms with van der Waals surface area (Å²) in [4.78, 5) is 13.0. The summed E-state index contributed by atoms with van der Waals surface area (Å²) in [5, 5.41) is 4.38. The van der Waals surface area contributed by atoms with Crippen LogP contribution in [0.25, 0.3) is 21.5 Å². The quantitative estimate of drug-likeness (QED) is 0.161. The number of ether oxygens (including phenoxy) is 1. The van der Waals surface area contributed by atoms with E-state index in [0.29, 0.717) is 6.61 Å². The number of hydrogen-bond acceptors (Lipinski definition) is 2. The van der Waals surface area contributed by atoms with Crippen LogP contribution in [0.3, 0.4) is 0 Å². The van der Waals surface area contributed by atoms with E-state index in [4.69, 9.17) is 4.74 Å². The molecule has 0 bridgehead atoms. The van der Waals surface area contributed by atoms with Crippen LogP contribution < -0.4 is 0 Å². The van der Waals surface area contributed by atoms with Gasteiger partial charge in [0.05, 0.1) is 12.2 Å². The van der Waals surface area contributed by atoms with Crippen molar-refractivity contribution in [2.75, 3.05) is 6.61 Å². The van der Waals surface area contributed by atoms with Crippen molar-refractivity contribution in [1.82, 2.24) is 0 Å². The minimum absolute atomic E-state index is 0.224. The molecule has 154 valence electrons. The Bertz CT molecular complexity index is 1010.